The first kappa shape index (κ1) is 17.0. The van der Waals surface area contributed by atoms with E-state index in [0.29, 0.717) is 0 Å². The molecule has 0 spiro atoms. The average molecular weight is 339 g/mol. The quantitative estimate of drug-likeness (QED) is 0.775. The Labute approximate surface area is 138 Å². The third kappa shape index (κ3) is 3.71. The van der Waals surface area contributed by atoms with Crippen LogP contribution in [-0.2, 0) is 4.74 Å². The van der Waals surface area contributed by atoms with Gasteiger partial charge in [0.15, 0.2) is 5.76 Å². The van der Waals surface area contributed by atoms with Crippen molar-refractivity contribution in [2.75, 3.05) is 20.7 Å². The number of esters is 1. The van der Waals surface area contributed by atoms with Gasteiger partial charge >= 0.3 is 5.97 Å². The SMILES string of the molecule is CCOC(=O)c1c(-c2c(F)cccc2Cl)noc1/C=C/N(C)C. The van der Waals surface area contributed by atoms with Crippen molar-refractivity contribution >= 4 is 23.6 Å². The van der Waals surface area contributed by atoms with Crippen LogP contribution in [0.3, 0.4) is 0 Å². The number of hydrogen-bond acceptors (Lipinski definition) is 5. The minimum atomic E-state index is -0.651. The topological polar surface area (TPSA) is 55.6 Å². The Morgan fingerprint density at radius 3 is 2.83 bits per heavy atom. The van der Waals surface area contributed by atoms with E-state index in [1.807, 2.05) is 14.1 Å². The number of nitrogens with zero attached hydrogens (tertiary/aromatic N) is 2. The van der Waals surface area contributed by atoms with Gasteiger partial charge in [-0.3, -0.25) is 0 Å². The normalized spacial score (nSPS) is 11.0. The molecule has 0 bridgehead atoms. The van der Waals surface area contributed by atoms with Gasteiger partial charge in [-0.05, 0) is 19.1 Å². The van der Waals surface area contributed by atoms with E-state index in [0.717, 1.165) is 0 Å². The number of halogens is 2. The first-order chi connectivity index (χ1) is 11.0. The molecule has 0 saturated carbocycles. The highest BCUT2D eigenvalue weighted by Crippen LogP contribution is 2.34. The zero-order valence-corrected chi connectivity index (χ0v) is 13.7. The zero-order valence-electron chi connectivity index (χ0n) is 13.0. The first-order valence-electron chi connectivity index (χ1n) is 6.91. The van der Waals surface area contributed by atoms with Gasteiger partial charge in [-0.2, -0.15) is 0 Å². The molecular weight excluding hydrogens is 323 g/mol. The second kappa shape index (κ2) is 7.28. The van der Waals surface area contributed by atoms with E-state index in [1.165, 1.54) is 18.2 Å². The number of hydrogen-bond donors (Lipinski definition) is 0. The van der Waals surface area contributed by atoms with Crippen molar-refractivity contribution < 1.29 is 18.4 Å². The first-order valence-corrected chi connectivity index (χ1v) is 7.29. The summed E-state index contributed by atoms with van der Waals surface area (Å²) in [7, 11) is 3.62. The molecule has 5 nitrogen and oxygen atoms in total. The van der Waals surface area contributed by atoms with Crippen LogP contribution >= 0.6 is 11.6 Å². The summed E-state index contributed by atoms with van der Waals surface area (Å²) in [6.07, 6.45) is 3.23. The van der Waals surface area contributed by atoms with Gasteiger partial charge in [0.25, 0.3) is 0 Å². The van der Waals surface area contributed by atoms with Gasteiger partial charge in [-0.15, -0.1) is 0 Å². The predicted octanol–water partition coefficient (Wildman–Crippen LogP) is 3.84. The van der Waals surface area contributed by atoms with Crippen LogP contribution in [0.2, 0.25) is 5.02 Å². The lowest BCUT2D eigenvalue weighted by atomic mass is 10.1. The number of carbonyl (C=O) groups excluding carboxylic acids is 1. The fraction of sp³-hybridized carbons (Fsp3) is 0.250. The van der Waals surface area contributed by atoms with Crippen molar-refractivity contribution in [3.05, 3.63) is 46.6 Å². The summed E-state index contributed by atoms with van der Waals surface area (Å²) in [5, 5.41) is 3.95. The molecule has 122 valence electrons. The van der Waals surface area contributed by atoms with Gasteiger partial charge in [0.05, 0.1) is 17.2 Å². The maximum absolute atomic E-state index is 14.1. The summed E-state index contributed by atoms with van der Waals surface area (Å²) in [6, 6.07) is 4.22. The van der Waals surface area contributed by atoms with Gasteiger partial charge in [-0.25, -0.2) is 9.18 Å². The number of carbonyl (C=O) groups is 1. The molecule has 0 radical (unpaired) electrons. The molecule has 0 saturated heterocycles. The van der Waals surface area contributed by atoms with Crippen LogP contribution in [0.4, 0.5) is 4.39 Å². The smallest absolute Gasteiger partial charge is 0.344 e. The van der Waals surface area contributed by atoms with E-state index in [4.69, 9.17) is 20.9 Å². The summed E-state index contributed by atoms with van der Waals surface area (Å²) in [5.41, 5.74) is 0.0624. The fourth-order valence-corrected chi connectivity index (χ4v) is 2.18. The predicted molar refractivity (Wildman–Crippen MR) is 85.6 cm³/mol. The minimum absolute atomic E-state index is 0.00507. The van der Waals surface area contributed by atoms with Crippen LogP contribution in [-0.4, -0.2) is 36.7 Å². The number of ether oxygens (including phenoxy) is 1. The summed E-state index contributed by atoms with van der Waals surface area (Å²) >= 11 is 6.05. The summed E-state index contributed by atoms with van der Waals surface area (Å²) < 4.78 is 24.4. The molecule has 2 aromatic rings. The van der Waals surface area contributed by atoms with Crippen LogP contribution in [0.1, 0.15) is 23.0 Å². The number of aromatic nitrogens is 1. The molecular formula is C16H16ClFN2O3. The summed E-state index contributed by atoms with van der Waals surface area (Å²) in [5.74, 6) is -1.08. The average Bonchev–Trinajstić information content (AvgIpc) is 2.89. The van der Waals surface area contributed by atoms with E-state index in [-0.39, 0.29) is 34.2 Å². The van der Waals surface area contributed by atoms with E-state index in [9.17, 15) is 9.18 Å². The van der Waals surface area contributed by atoms with Crippen molar-refractivity contribution in [3.8, 4) is 11.3 Å². The highest BCUT2D eigenvalue weighted by Gasteiger charge is 2.27. The number of rotatable bonds is 5. The van der Waals surface area contributed by atoms with E-state index < -0.39 is 11.8 Å². The molecule has 2 rings (SSSR count). The van der Waals surface area contributed by atoms with E-state index in [1.54, 1.807) is 24.1 Å². The lowest BCUT2D eigenvalue weighted by Gasteiger charge is -2.06. The van der Waals surface area contributed by atoms with Crippen LogP contribution in [0, 0.1) is 5.82 Å². The van der Waals surface area contributed by atoms with E-state index in [2.05, 4.69) is 5.16 Å². The van der Waals surface area contributed by atoms with Crippen molar-refractivity contribution in [1.29, 1.82) is 0 Å². The van der Waals surface area contributed by atoms with Gasteiger partial charge in [0.2, 0.25) is 0 Å². The molecule has 1 heterocycles. The molecule has 1 aromatic heterocycles. The molecule has 1 aromatic carbocycles. The molecule has 0 fully saturated rings. The Balaban J connectivity index is 2.62. The standard InChI is InChI=1S/C16H16ClFN2O3/c1-4-22-16(21)14-12(8-9-20(2)3)23-19-15(14)13-10(17)6-5-7-11(13)18/h5-9H,4H2,1-3H3/b9-8+. The third-order valence-electron chi connectivity index (χ3n) is 2.92. The van der Waals surface area contributed by atoms with Crippen LogP contribution in [0.25, 0.3) is 17.3 Å². The van der Waals surface area contributed by atoms with Gasteiger partial charge in [-0.1, -0.05) is 22.8 Å². The maximum Gasteiger partial charge on any atom is 0.344 e. The van der Waals surface area contributed by atoms with Gasteiger partial charge < -0.3 is 14.2 Å². The van der Waals surface area contributed by atoms with Gasteiger partial charge in [0.1, 0.15) is 17.1 Å². The second-order valence-electron chi connectivity index (χ2n) is 4.87. The molecule has 0 atom stereocenters. The Morgan fingerprint density at radius 1 is 1.48 bits per heavy atom. The van der Waals surface area contributed by atoms with Crippen molar-refractivity contribution in [2.45, 2.75) is 6.92 Å². The molecule has 7 heteroatoms. The highest BCUT2D eigenvalue weighted by atomic mass is 35.5. The summed E-state index contributed by atoms with van der Waals surface area (Å²) in [4.78, 5) is 14.0. The third-order valence-corrected chi connectivity index (χ3v) is 3.24. The number of benzene rings is 1. The Kier molecular flexibility index (Phi) is 5.39. The minimum Gasteiger partial charge on any atom is -0.462 e. The zero-order chi connectivity index (χ0) is 17.0. The largest absolute Gasteiger partial charge is 0.462 e. The monoisotopic (exact) mass is 338 g/mol. The highest BCUT2D eigenvalue weighted by molar-refractivity contribution is 6.33. The van der Waals surface area contributed by atoms with Crippen molar-refractivity contribution in [1.82, 2.24) is 10.1 Å². The molecule has 0 aliphatic rings. The fourth-order valence-electron chi connectivity index (χ4n) is 1.93. The molecule has 0 aliphatic heterocycles. The van der Waals surface area contributed by atoms with Crippen molar-refractivity contribution in [3.63, 3.8) is 0 Å². The molecule has 23 heavy (non-hydrogen) atoms. The Bertz CT molecular complexity index is 721. The van der Waals surface area contributed by atoms with Crippen LogP contribution < -0.4 is 0 Å². The molecule has 0 unspecified atom stereocenters. The maximum atomic E-state index is 14.1. The lowest BCUT2D eigenvalue weighted by Crippen LogP contribution is -2.07. The van der Waals surface area contributed by atoms with E-state index >= 15 is 0 Å². The Hall–Kier alpha value is -2.34. The Morgan fingerprint density at radius 2 is 2.22 bits per heavy atom. The lowest BCUT2D eigenvalue weighted by molar-refractivity contribution is 0.0526. The van der Waals surface area contributed by atoms with Crippen LogP contribution in [0.15, 0.2) is 28.9 Å². The van der Waals surface area contributed by atoms with Gasteiger partial charge in [0, 0.05) is 26.4 Å². The second-order valence-corrected chi connectivity index (χ2v) is 5.27. The van der Waals surface area contributed by atoms with Crippen LogP contribution in [0.5, 0.6) is 0 Å². The molecule has 0 amide bonds. The molecule has 0 N–H and O–H groups in total. The van der Waals surface area contributed by atoms with Crippen molar-refractivity contribution in [2.24, 2.45) is 0 Å². The molecule has 0 aliphatic carbocycles. The summed E-state index contributed by atoms with van der Waals surface area (Å²) in [6.45, 7) is 1.85.